The smallest absolute Gasteiger partial charge is 0.326 e. The van der Waals surface area contributed by atoms with Crippen molar-refractivity contribution in [2.75, 3.05) is 5.32 Å². The maximum absolute atomic E-state index is 12.0. The summed E-state index contributed by atoms with van der Waals surface area (Å²) in [5, 5.41) is 5.83. The van der Waals surface area contributed by atoms with Gasteiger partial charge in [0.05, 0.1) is 6.42 Å². The predicted octanol–water partition coefficient (Wildman–Crippen LogP) is 3.22. The molecule has 3 nitrogen and oxygen atoms in total. The summed E-state index contributed by atoms with van der Waals surface area (Å²) < 4.78 is 36.0. The quantitative estimate of drug-likeness (QED) is 0.843. The van der Waals surface area contributed by atoms with Crippen LogP contribution in [0, 0.1) is 0 Å². The molecule has 1 aliphatic carbocycles. The zero-order chi connectivity index (χ0) is 14.6. The van der Waals surface area contributed by atoms with Gasteiger partial charge in [0.1, 0.15) is 0 Å². The molecule has 6 heteroatoms. The summed E-state index contributed by atoms with van der Waals surface area (Å²) in [6.07, 6.45) is -3.56. The minimum Gasteiger partial charge on any atom is -0.326 e. The van der Waals surface area contributed by atoms with Crippen LogP contribution in [0.15, 0.2) is 24.3 Å². The van der Waals surface area contributed by atoms with Crippen molar-refractivity contribution in [2.24, 2.45) is 0 Å². The van der Waals surface area contributed by atoms with Crippen molar-refractivity contribution in [1.82, 2.24) is 5.32 Å². The van der Waals surface area contributed by atoms with Gasteiger partial charge in [0.25, 0.3) is 0 Å². The molecule has 1 aliphatic rings. The first kappa shape index (κ1) is 14.8. The second kappa shape index (κ2) is 6.26. The molecule has 0 atom stereocenters. The first-order valence-electron chi connectivity index (χ1n) is 6.61. The van der Waals surface area contributed by atoms with Crippen LogP contribution in [0.3, 0.4) is 0 Å². The minimum atomic E-state index is -4.30. The topological polar surface area (TPSA) is 41.1 Å². The Bertz CT molecular complexity index is 470. The number of rotatable bonds is 6. The van der Waals surface area contributed by atoms with Crippen molar-refractivity contribution in [3.63, 3.8) is 0 Å². The second-order valence-electron chi connectivity index (χ2n) is 5.02. The zero-order valence-corrected chi connectivity index (χ0v) is 11.0. The highest BCUT2D eigenvalue weighted by molar-refractivity contribution is 5.90. The summed E-state index contributed by atoms with van der Waals surface area (Å²) in [4.78, 5) is 11.4. The normalized spacial score (nSPS) is 15.2. The summed E-state index contributed by atoms with van der Waals surface area (Å²) in [6, 6.07) is 7.73. The van der Waals surface area contributed by atoms with Crippen LogP contribution in [0.2, 0.25) is 0 Å². The summed E-state index contributed by atoms with van der Waals surface area (Å²) in [5.74, 6) is -0.616. The highest BCUT2D eigenvalue weighted by Crippen LogP contribution is 2.22. The SMILES string of the molecule is O=C(CCC(F)(F)F)Nc1cccc(CNC2CC2)c1. The van der Waals surface area contributed by atoms with Gasteiger partial charge in [-0.25, -0.2) is 0 Å². The first-order chi connectivity index (χ1) is 9.42. The molecule has 0 saturated heterocycles. The lowest BCUT2D eigenvalue weighted by Crippen LogP contribution is -2.17. The van der Waals surface area contributed by atoms with Crippen LogP contribution in [-0.4, -0.2) is 18.1 Å². The highest BCUT2D eigenvalue weighted by atomic mass is 19.4. The van der Waals surface area contributed by atoms with Gasteiger partial charge in [0.15, 0.2) is 0 Å². The minimum absolute atomic E-state index is 0.535. The van der Waals surface area contributed by atoms with Crippen LogP contribution in [0.5, 0.6) is 0 Å². The van der Waals surface area contributed by atoms with E-state index in [1.807, 2.05) is 6.07 Å². The number of carbonyl (C=O) groups excluding carboxylic acids is 1. The Morgan fingerprint density at radius 3 is 2.70 bits per heavy atom. The van der Waals surface area contributed by atoms with Gasteiger partial charge < -0.3 is 10.6 Å². The molecule has 2 N–H and O–H groups in total. The Morgan fingerprint density at radius 2 is 2.05 bits per heavy atom. The van der Waals surface area contributed by atoms with Crippen molar-refractivity contribution >= 4 is 11.6 Å². The molecule has 0 aliphatic heterocycles. The third-order valence-corrected chi connectivity index (χ3v) is 3.02. The van der Waals surface area contributed by atoms with Crippen molar-refractivity contribution in [1.29, 1.82) is 0 Å². The summed E-state index contributed by atoms with van der Waals surface area (Å²) in [7, 11) is 0. The van der Waals surface area contributed by atoms with Crippen LogP contribution in [-0.2, 0) is 11.3 Å². The molecule has 0 heterocycles. The molecular formula is C14H17F3N2O. The van der Waals surface area contributed by atoms with Gasteiger partial charge in [0.2, 0.25) is 5.91 Å². The van der Waals surface area contributed by atoms with E-state index in [0.29, 0.717) is 18.3 Å². The van der Waals surface area contributed by atoms with E-state index in [1.165, 1.54) is 12.8 Å². The Hall–Kier alpha value is -1.56. The Kier molecular flexibility index (Phi) is 4.65. The van der Waals surface area contributed by atoms with Crippen molar-refractivity contribution < 1.29 is 18.0 Å². The van der Waals surface area contributed by atoms with Gasteiger partial charge in [-0.15, -0.1) is 0 Å². The monoisotopic (exact) mass is 286 g/mol. The summed E-state index contributed by atoms with van der Waals surface area (Å²) in [5.41, 5.74) is 1.54. The molecule has 0 unspecified atom stereocenters. The second-order valence-corrected chi connectivity index (χ2v) is 5.02. The lowest BCUT2D eigenvalue weighted by molar-refractivity contribution is -0.142. The van der Waals surface area contributed by atoms with Gasteiger partial charge in [-0.3, -0.25) is 4.79 Å². The predicted molar refractivity (Wildman–Crippen MR) is 70.2 cm³/mol. The molecule has 1 amide bonds. The molecule has 0 spiro atoms. The van der Waals surface area contributed by atoms with Gasteiger partial charge in [0, 0.05) is 24.7 Å². The van der Waals surface area contributed by atoms with E-state index in [1.54, 1.807) is 18.2 Å². The van der Waals surface area contributed by atoms with Crippen LogP contribution in [0.25, 0.3) is 0 Å². The van der Waals surface area contributed by atoms with Crippen LogP contribution < -0.4 is 10.6 Å². The fourth-order valence-corrected chi connectivity index (χ4v) is 1.79. The average molecular weight is 286 g/mol. The van der Waals surface area contributed by atoms with Gasteiger partial charge in [-0.1, -0.05) is 12.1 Å². The summed E-state index contributed by atoms with van der Waals surface area (Å²) in [6.45, 7) is 0.705. The maximum atomic E-state index is 12.0. The van der Waals surface area contributed by atoms with Crippen LogP contribution in [0.1, 0.15) is 31.2 Å². The van der Waals surface area contributed by atoms with Crippen molar-refractivity contribution in [3.05, 3.63) is 29.8 Å². The molecule has 1 aromatic carbocycles. The first-order valence-corrected chi connectivity index (χ1v) is 6.61. The number of nitrogens with one attached hydrogen (secondary N) is 2. The maximum Gasteiger partial charge on any atom is 0.389 e. The molecule has 0 aromatic heterocycles. The number of anilines is 1. The summed E-state index contributed by atoms with van der Waals surface area (Å²) >= 11 is 0. The molecule has 1 aromatic rings. The van der Waals surface area contributed by atoms with Crippen molar-refractivity contribution in [2.45, 2.75) is 44.4 Å². The number of hydrogen-bond donors (Lipinski definition) is 2. The van der Waals surface area contributed by atoms with Gasteiger partial charge >= 0.3 is 6.18 Å². The van der Waals surface area contributed by atoms with E-state index in [0.717, 1.165) is 5.56 Å². The van der Waals surface area contributed by atoms with E-state index in [2.05, 4.69) is 10.6 Å². The highest BCUT2D eigenvalue weighted by Gasteiger charge is 2.27. The molecule has 1 saturated carbocycles. The van der Waals surface area contributed by atoms with E-state index in [-0.39, 0.29) is 0 Å². The number of benzene rings is 1. The number of hydrogen-bond acceptors (Lipinski definition) is 2. The molecule has 1 fully saturated rings. The van der Waals surface area contributed by atoms with E-state index in [4.69, 9.17) is 0 Å². The Balaban J connectivity index is 1.81. The molecule has 0 radical (unpaired) electrons. The third kappa shape index (κ3) is 5.61. The number of carbonyl (C=O) groups is 1. The lowest BCUT2D eigenvalue weighted by Gasteiger charge is -2.09. The number of amides is 1. The van der Waals surface area contributed by atoms with Crippen LogP contribution >= 0.6 is 0 Å². The number of alkyl halides is 3. The van der Waals surface area contributed by atoms with Crippen molar-refractivity contribution in [3.8, 4) is 0 Å². The lowest BCUT2D eigenvalue weighted by atomic mass is 10.2. The fourth-order valence-electron chi connectivity index (χ4n) is 1.79. The standard InChI is InChI=1S/C14H17F3N2O/c15-14(16,17)7-6-13(20)19-12-3-1-2-10(8-12)9-18-11-4-5-11/h1-3,8,11,18H,4-7,9H2,(H,19,20). The fraction of sp³-hybridized carbons (Fsp3) is 0.500. The van der Waals surface area contributed by atoms with E-state index in [9.17, 15) is 18.0 Å². The number of halogens is 3. The molecule has 110 valence electrons. The zero-order valence-electron chi connectivity index (χ0n) is 11.0. The molecule has 0 bridgehead atoms. The third-order valence-electron chi connectivity index (χ3n) is 3.02. The van der Waals surface area contributed by atoms with Gasteiger partial charge in [-0.2, -0.15) is 13.2 Å². The Labute approximate surface area is 115 Å². The molecule has 2 rings (SSSR count). The van der Waals surface area contributed by atoms with Gasteiger partial charge in [-0.05, 0) is 30.5 Å². The average Bonchev–Trinajstić information content (AvgIpc) is 3.18. The molecule has 20 heavy (non-hydrogen) atoms. The van der Waals surface area contributed by atoms with E-state index >= 15 is 0 Å². The van der Waals surface area contributed by atoms with Crippen LogP contribution in [0.4, 0.5) is 18.9 Å². The largest absolute Gasteiger partial charge is 0.389 e. The van der Waals surface area contributed by atoms with E-state index < -0.39 is 24.9 Å². The Morgan fingerprint density at radius 1 is 1.30 bits per heavy atom. The molecular weight excluding hydrogens is 269 g/mol.